The summed E-state index contributed by atoms with van der Waals surface area (Å²) in [7, 11) is 5.43. The highest BCUT2D eigenvalue weighted by molar-refractivity contribution is 5.50. The van der Waals surface area contributed by atoms with Crippen LogP contribution >= 0.6 is 0 Å². The van der Waals surface area contributed by atoms with Crippen molar-refractivity contribution in [1.82, 2.24) is 0 Å². The van der Waals surface area contributed by atoms with Crippen LogP contribution in [0.5, 0.6) is 17.2 Å². The molecule has 1 aliphatic rings. The van der Waals surface area contributed by atoms with E-state index in [1.165, 1.54) is 5.56 Å². The van der Waals surface area contributed by atoms with E-state index in [1.54, 1.807) is 14.2 Å². The third-order valence-corrected chi connectivity index (χ3v) is 6.29. The molecule has 5 nitrogen and oxygen atoms in total. The molecule has 0 saturated carbocycles. The van der Waals surface area contributed by atoms with E-state index in [0.29, 0.717) is 22.6 Å². The van der Waals surface area contributed by atoms with Crippen molar-refractivity contribution < 1.29 is 35.7 Å². The molecule has 172 valence electrons. The summed E-state index contributed by atoms with van der Waals surface area (Å²) in [6.07, 6.45) is 0.892. The van der Waals surface area contributed by atoms with Crippen LogP contribution in [0.1, 0.15) is 28.3 Å². The lowest BCUT2D eigenvalue weighted by Crippen LogP contribution is -3.00. The van der Waals surface area contributed by atoms with Gasteiger partial charge in [0, 0.05) is 17.5 Å². The second kappa shape index (κ2) is 10.7. The lowest BCUT2D eigenvalue weighted by atomic mass is 9.90. The van der Waals surface area contributed by atoms with Gasteiger partial charge in [0.1, 0.15) is 25.0 Å². The highest BCUT2D eigenvalue weighted by Crippen LogP contribution is 2.41. The molecule has 6 heteroatoms. The molecule has 0 aromatic heterocycles. The Hall–Kier alpha value is -3.01. The Balaban J connectivity index is 0.00000306. The number of nitrogens with zero attached hydrogens (tertiary/aromatic N) is 2. The van der Waals surface area contributed by atoms with Crippen LogP contribution in [0.3, 0.4) is 0 Å². The van der Waals surface area contributed by atoms with Gasteiger partial charge in [-0.15, -0.1) is 0 Å². The van der Waals surface area contributed by atoms with Gasteiger partial charge in [-0.25, -0.2) is 0 Å². The van der Waals surface area contributed by atoms with Crippen LogP contribution in [0.2, 0.25) is 0 Å². The minimum atomic E-state index is -0.271. The molecule has 0 fully saturated rings. The SMILES string of the molecule is COc1cc2c(cc1OC)C(C#N)[N+](C)(Cc1ccc(OCc3ccccc3)cc1)CC2.[Br-]. The van der Waals surface area contributed by atoms with Gasteiger partial charge in [-0.2, -0.15) is 5.26 Å². The van der Waals surface area contributed by atoms with Crippen molar-refractivity contribution in [2.75, 3.05) is 27.8 Å². The summed E-state index contributed by atoms with van der Waals surface area (Å²) in [6, 6.07) is 24.6. The number of rotatable bonds is 7. The third-order valence-electron chi connectivity index (χ3n) is 6.29. The Morgan fingerprint density at radius 1 is 0.939 bits per heavy atom. The first-order valence-electron chi connectivity index (χ1n) is 10.8. The Labute approximate surface area is 206 Å². The van der Waals surface area contributed by atoms with E-state index in [-0.39, 0.29) is 23.0 Å². The van der Waals surface area contributed by atoms with Gasteiger partial charge in [0.2, 0.25) is 6.04 Å². The molecule has 0 N–H and O–H groups in total. The first-order valence-corrected chi connectivity index (χ1v) is 10.8. The molecule has 4 rings (SSSR count). The minimum Gasteiger partial charge on any atom is -1.00 e. The second-order valence-electron chi connectivity index (χ2n) is 8.47. The lowest BCUT2D eigenvalue weighted by molar-refractivity contribution is -0.946. The van der Waals surface area contributed by atoms with Crippen molar-refractivity contribution >= 4 is 0 Å². The molecule has 0 aliphatic carbocycles. The van der Waals surface area contributed by atoms with Crippen molar-refractivity contribution in [3.63, 3.8) is 0 Å². The molecule has 1 heterocycles. The number of quaternary nitrogens is 1. The molecule has 0 bridgehead atoms. The van der Waals surface area contributed by atoms with Gasteiger partial charge >= 0.3 is 0 Å². The molecule has 2 atom stereocenters. The van der Waals surface area contributed by atoms with Crippen LogP contribution < -0.4 is 31.2 Å². The summed E-state index contributed by atoms with van der Waals surface area (Å²) in [4.78, 5) is 0. The van der Waals surface area contributed by atoms with Crippen molar-refractivity contribution in [3.05, 3.63) is 89.0 Å². The van der Waals surface area contributed by atoms with E-state index in [9.17, 15) is 5.26 Å². The van der Waals surface area contributed by atoms with Gasteiger partial charge in [0.15, 0.2) is 11.5 Å². The molecule has 3 aromatic carbocycles. The topological polar surface area (TPSA) is 51.5 Å². The molecule has 2 unspecified atom stereocenters. The molecule has 1 aliphatic heterocycles. The van der Waals surface area contributed by atoms with Gasteiger partial charge in [-0.05, 0) is 47.5 Å². The summed E-state index contributed by atoms with van der Waals surface area (Å²) in [6.45, 7) is 2.20. The summed E-state index contributed by atoms with van der Waals surface area (Å²) in [5.41, 5.74) is 4.52. The average Bonchev–Trinajstić information content (AvgIpc) is 2.83. The van der Waals surface area contributed by atoms with E-state index >= 15 is 0 Å². The van der Waals surface area contributed by atoms with Crippen molar-refractivity contribution in [2.24, 2.45) is 0 Å². The van der Waals surface area contributed by atoms with Crippen LogP contribution in [-0.2, 0) is 19.6 Å². The maximum Gasteiger partial charge on any atom is 0.202 e. The summed E-state index contributed by atoms with van der Waals surface area (Å²) < 4.78 is 17.5. The number of likely N-dealkylation sites (N-methyl/N-ethyl adjacent to an activating group) is 1. The molecule has 0 amide bonds. The van der Waals surface area contributed by atoms with E-state index in [2.05, 4.69) is 37.4 Å². The number of nitriles is 1. The minimum absolute atomic E-state index is 0. The summed E-state index contributed by atoms with van der Waals surface area (Å²) >= 11 is 0. The average molecular weight is 509 g/mol. The fraction of sp³-hybridized carbons (Fsp3) is 0.296. The van der Waals surface area contributed by atoms with Crippen LogP contribution in [0.25, 0.3) is 0 Å². The van der Waals surface area contributed by atoms with Gasteiger partial charge in [0.05, 0.1) is 27.8 Å². The summed E-state index contributed by atoms with van der Waals surface area (Å²) in [5.74, 6) is 2.22. The highest BCUT2D eigenvalue weighted by Gasteiger charge is 2.40. The summed E-state index contributed by atoms with van der Waals surface area (Å²) in [5, 5.41) is 10.1. The fourth-order valence-corrected chi connectivity index (χ4v) is 4.48. The molecule has 33 heavy (non-hydrogen) atoms. The number of halogens is 1. The zero-order chi connectivity index (χ0) is 22.6. The molecule has 0 saturated heterocycles. The van der Waals surface area contributed by atoms with Gasteiger partial charge in [-0.1, -0.05) is 30.3 Å². The van der Waals surface area contributed by atoms with E-state index in [0.717, 1.165) is 42.0 Å². The Morgan fingerprint density at radius 3 is 2.24 bits per heavy atom. The number of hydrogen-bond acceptors (Lipinski definition) is 4. The quantitative estimate of drug-likeness (QED) is 0.458. The van der Waals surface area contributed by atoms with Crippen LogP contribution in [0.15, 0.2) is 66.7 Å². The van der Waals surface area contributed by atoms with Crippen LogP contribution in [-0.4, -0.2) is 32.3 Å². The van der Waals surface area contributed by atoms with Crippen LogP contribution in [0.4, 0.5) is 0 Å². The number of ether oxygens (including phenoxy) is 3. The molecular weight excluding hydrogens is 480 g/mol. The first-order chi connectivity index (χ1) is 15.6. The van der Waals surface area contributed by atoms with E-state index in [4.69, 9.17) is 14.2 Å². The van der Waals surface area contributed by atoms with Crippen molar-refractivity contribution in [3.8, 4) is 23.3 Å². The smallest absolute Gasteiger partial charge is 0.202 e. The predicted octanol–water partition coefficient (Wildman–Crippen LogP) is 2.05. The largest absolute Gasteiger partial charge is 1.00 e. The third kappa shape index (κ3) is 5.32. The normalized spacial score (nSPS) is 18.9. The standard InChI is InChI=1S/C27H29N2O3.BrH/c1-29(14-13-22-15-26(30-2)27(31-3)16-24(22)25(29)17-28)18-20-9-11-23(12-10-20)32-19-21-7-5-4-6-8-21;/h4-12,15-16,25H,13-14,18-19H2,1-3H3;1H/q+1;/p-1. The first kappa shape index (κ1) is 24.6. The van der Waals surface area contributed by atoms with Gasteiger partial charge in [0.25, 0.3) is 0 Å². The zero-order valence-electron chi connectivity index (χ0n) is 19.3. The Bertz CT molecular complexity index is 1110. The fourth-order valence-electron chi connectivity index (χ4n) is 4.48. The number of benzene rings is 3. The van der Waals surface area contributed by atoms with Crippen LogP contribution in [0, 0.1) is 11.3 Å². The Morgan fingerprint density at radius 2 is 1.61 bits per heavy atom. The number of fused-ring (bicyclic) bond motifs is 1. The molecule has 3 aromatic rings. The van der Waals surface area contributed by atoms with E-state index < -0.39 is 0 Å². The van der Waals surface area contributed by atoms with E-state index in [1.807, 2.05) is 42.5 Å². The number of hydrogen-bond donors (Lipinski definition) is 0. The number of methoxy groups -OCH3 is 2. The maximum absolute atomic E-state index is 10.1. The zero-order valence-corrected chi connectivity index (χ0v) is 20.8. The lowest BCUT2D eigenvalue weighted by Gasteiger charge is -2.42. The van der Waals surface area contributed by atoms with Gasteiger partial charge in [-0.3, -0.25) is 0 Å². The maximum atomic E-state index is 10.1. The van der Waals surface area contributed by atoms with Gasteiger partial charge < -0.3 is 35.7 Å². The molecule has 0 spiro atoms. The van der Waals surface area contributed by atoms with Crippen molar-refractivity contribution in [1.29, 1.82) is 5.26 Å². The second-order valence-corrected chi connectivity index (χ2v) is 8.47. The highest BCUT2D eigenvalue weighted by atomic mass is 79.9. The molecular formula is C27H29BrN2O3. The molecule has 0 radical (unpaired) electrons. The monoisotopic (exact) mass is 508 g/mol. The van der Waals surface area contributed by atoms with Crippen molar-refractivity contribution in [2.45, 2.75) is 25.6 Å². The predicted molar refractivity (Wildman–Crippen MR) is 124 cm³/mol. The Kier molecular flexibility index (Phi) is 8.01.